The normalized spacial score (nSPS) is 16.6. The van der Waals surface area contributed by atoms with Gasteiger partial charge in [0, 0.05) is 54.6 Å². The molecule has 5 rings (SSSR count). The minimum Gasteiger partial charge on any atom is -0.481 e. The van der Waals surface area contributed by atoms with Crippen molar-refractivity contribution in [1.82, 2.24) is 20.1 Å². The molecule has 0 aliphatic carbocycles. The van der Waals surface area contributed by atoms with E-state index in [0.29, 0.717) is 59.5 Å². The zero-order valence-corrected chi connectivity index (χ0v) is 24.8. The van der Waals surface area contributed by atoms with Crippen molar-refractivity contribution in [2.24, 2.45) is 7.05 Å². The highest BCUT2D eigenvalue weighted by atomic mass is 35.5. The summed E-state index contributed by atoms with van der Waals surface area (Å²) >= 11 is 13.6. The Hall–Kier alpha value is -4.00. The number of nitrogens with zero attached hydrogens (tertiary/aromatic N) is 2. The van der Waals surface area contributed by atoms with Crippen LogP contribution in [0.1, 0.15) is 22.3 Å². The molecule has 2 unspecified atom stereocenters. The molecule has 2 aromatic heterocycles. The molecule has 1 amide bonds. The van der Waals surface area contributed by atoms with Gasteiger partial charge in [-0.25, -0.2) is 4.98 Å². The number of benzene rings is 2. The van der Waals surface area contributed by atoms with Gasteiger partial charge < -0.3 is 25.2 Å². The third kappa shape index (κ3) is 6.51. The first-order valence-electron chi connectivity index (χ1n) is 13.4. The summed E-state index contributed by atoms with van der Waals surface area (Å²) in [5.41, 5.74) is 1.81. The van der Waals surface area contributed by atoms with Crippen LogP contribution in [0.5, 0.6) is 5.88 Å². The predicted molar refractivity (Wildman–Crippen MR) is 164 cm³/mol. The van der Waals surface area contributed by atoms with Gasteiger partial charge in [0.05, 0.1) is 41.2 Å². The Bertz CT molecular complexity index is 1790. The fourth-order valence-electron chi connectivity index (χ4n) is 4.88. The van der Waals surface area contributed by atoms with E-state index in [1.807, 2.05) is 24.3 Å². The first-order valence-corrected chi connectivity index (χ1v) is 14.2. The minimum atomic E-state index is -0.775. The average Bonchev–Trinajstić information content (AvgIpc) is 3.00. The second-order valence-electron chi connectivity index (χ2n) is 9.97. The summed E-state index contributed by atoms with van der Waals surface area (Å²) in [6, 6.07) is 15.0. The molecule has 1 fully saturated rings. The van der Waals surface area contributed by atoms with Gasteiger partial charge in [-0.2, -0.15) is 0 Å². The van der Waals surface area contributed by atoms with Gasteiger partial charge in [0.25, 0.3) is 17.0 Å². The average molecular weight is 626 g/mol. The van der Waals surface area contributed by atoms with Crippen LogP contribution in [0.4, 0.5) is 5.69 Å². The molecule has 3 heterocycles. The SMILES string of the molecule is COc1nc(-c2cccc(-c3cccc(NC(=O)c4cc(=O)[nH]n(C)c4=O)c3Cl)c2Cl)ccc1CNC1CCOCC1O. The van der Waals surface area contributed by atoms with Gasteiger partial charge in [0.2, 0.25) is 5.88 Å². The number of aliphatic hydroxyl groups is 1. The molecule has 1 aliphatic rings. The molecule has 43 heavy (non-hydrogen) atoms. The molecular formula is C30H29Cl2N5O6. The molecule has 2 aromatic carbocycles. The lowest BCUT2D eigenvalue weighted by molar-refractivity contribution is -0.0281. The van der Waals surface area contributed by atoms with E-state index in [2.05, 4.69) is 15.7 Å². The minimum absolute atomic E-state index is 0.0877. The second-order valence-corrected chi connectivity index (χ2v) is 10.7. The molecule has 1 aliphatic heterocycles. The van der Waals surface area contributed by atoms with Crippen molar-refractivity contribution in [2.45, 2.75) is 25.1 Å². The van der Waals surface area contributed by atoms with Crippen LogP contribution in [0, 0.1) is 0 Å². The van der Waals surface area contributed by atoms with Gasteiger partial charge in [-0.3, -0.25) is 24.2 Å². The number of hydrogen-bond acceptors (Lipinski definition) is 8. The van der Waals surface area contributed by atoms with E-state index in [-0.39, 0.29) is 22.3 Å². The molecule has 11 nitrogen and oxygen atoms in total. The van der Waals surface area contributed by atoms with Crippen molar-refractivity contribution < 1.29 is 19.4 Å². The van der Waals surface area contributed by atoms with E-state index < -0.39 is 23.1 Å². The second kappa shape index (κ2) is 13.1. The Balaban J connectivity index is 1.42. The molecule has 0 spiro atoms. The molecule has 224 valence electrons. The lowest BCUT2D eigenvalue weighted by Gasteiger charge is -2.28. The summed E-state index contributed by atoms with van der Waals surface area (Å²) in [7, 11) is 2.88. The number of amides is 1. The quantitative estimate of drug-likeness (QED) is 0.232. The van der Waals surface area contributed by atoms with E-state index in [9.17, 15) is 19.5 Å². The number of nitrogens with one attached hydrogen (secondary N) is 3. The number of aliphatic hydroxyl groups excluding tert-OH is 1. The summed E-state index contributed by atoms with van der Waals surface area (Å²) in [5.74, 6) is -0.357. The summed E-state index contributed by atoms with van der Waals surface area (Å²) in [6.07, 6.45) is 0.122. The van der Waals surface area contributed by atoms with E-state index in [1.165, 1.54) is 14.2 Å². The summed E-state index contributed by atoms with van der Waals surface area (Å²) < 4.78 is 11.8. The first-order chi connectivity index (χ1) is 20.7. The highest BCUT2D eigenvalue weighted by Gasteiger charge is 2.24. The number of carbonyl (C=O) groups excluding carboxylic acids is 1. The van der Waals surface area contributed by atoms with Crippen molar-refractivity contribution in [1.29, 1.82) is 0 Å². The first kappa shape index (κ1) is 30.5. The van der Waals surface area contributed by atoms with Gasteiger partial charge in [-0.1, -0.05) is 59.6 Å². The largest absolute Gasteiger partial charge is 0.481 e. The zero-order chi connectivity index (χ0) is 30.7. The van der Waals surface area contributed by atoms with Crippen LogP contribution in [0.3, 0.4) is 0 Å². The van der Waals surface area contributed by atoms with Crippen molar-refractivity contribution in [3.63, 3.8) is 0 Å². The van der Waals surface area contributed by atoms with Crippen LogP contribution in [0.15, 0.2) is 64.2 Å². The van der Waals surface area contributed by atoms with Crippen molar-refractivity contribution in [2.75, 3.05) is 25.6 Å². The zero-order valence-electron chi connectivity index (χ0n) is 23.3. The number of anilines is 1. The number of hydrogen-bond donors (Lipinski definition) is 4. The molecule has 0 bridgehead atoms. The number of H-pyrrole nitrogens is 1. The van der Waals surface area contributed by atoms with Crippen LogP contribution in [-0.4, -0.2) is 58.2 Å². The summed E-state index contributed by atoms with van der Waals surface area (Å²) in [5, 5.41) is 19.0. The van der Waals surface area contributed by atoms with Crippen molar-refractivity contribution in [3.05, 3.63) is 96.5 Å². The highest BCUT2D eigenvalue weighted by molar-refractivity contribution is 6.39. The monoisotopic (exact) mass is 625 g/mol. The molecule has 1 saturated heterocycles. The molecule has 0 radical (unpaired) electrons. The molecule has 4 aromatic rings. The third-order valence-corrected chi connectivity index (χ3v) is 7.97. The van der Waals surface area contributed by atoms with E-state index in [1.54, 1.807) is 24.3 Å². The number of ether oxygens (including phenoxy) is 2. The van der Waals surface area contributed by atoms with Crippen LogP contribution < -0.4 is 26.5 Å². The van der Waals surface area contributed by atoms with E-state index >= 15 is 0 Å². The smallest absolute Gasteiger partial charge is 0.277 e. The van der Waals surface area contributed by atoms with Crippen LogP contribution in [0.25, 0.3) is 22.4 Å². The number of aryl methyl sites for hydroxylation is 1. The standard InChI is InChI=1S/C30H29Cl2N5O6/c1-37-30(41)20(13-25(39)36-37)28(40)34-23-8-4-6-18(27(23)32)17-5-3-7-19(26(17)31)21-10-9-16(29(35-21)42-2)14-33-22-11-12-43-15-24(22)38/h3-10,13,22,24,33,38H,11-12,14-15H2,1-2H3,(H,34,40)(H,36,39). The Kier molecular flexibility index (Phi) is 9.28. The molecular weight excluding hydrogens is 597 g/mol. The summed E-state index contributed by atoms with van der Waals surface area (Å²) in [6.45, 7) is 1.34. The fraction of sp³-hybridized carbons (Fsp3) is 0.267. The Morgan fingerprint density at radius 2 is 1.84 bits per heavy atom. The van der Waals surface area contributed by atoms with Gasteiger partial charge in [0.15, 0.2) is 0 Å². The lowest BCUT2D eigenvalue weighted by Crippen LogP contribution is -2.46. The highest BCUT2D eigenvalue weighted by Crippen LogP contribution is 2.41. The number of aromatic amines is 1. The maximum atomic E-state index is 12.9. The number of pyridine rings is 1. The van der Waals surface area contributed by atoms with Gasteiger partial charge in [-0.15, -0.1) is 0 Å². The number of rotatable bonds is 8. The lowest BCUT2D eigenvalue weighted by atomic mass is 10.00. The van der Waals surface area contributed by atoms with E-state index in [4.69, 9.17) is 37.7 Å². The maximum Gasteiger partial charge on any atom is 0.277 e. The number of carbonyl (C=O) groups is 1. The molecule has 13 heteroatoms. The van der Waals surface area contributed by atoms with Crippen LogP contribution in [-0.2, 0) is 18.3 Å². The van der Waals surface area contributed by atoms with Gasteiger partial charge >= 0.3 is 0 Å². The van der Waals surface area contributed by atoms with E-state index in [0.717, 1.165) is 16.3 Å². The molecule has 0 saturated carbocycles. The maximum absolute atomic E-state index is 12.9. The number of halogens is 2. The Morgan fingerprint density at radius 1 is 1.12 bits per heavy atom. The fourth-order valence-corrected chi connectivity index (χ4v) is 5.48. The van der Waals surface area contributed by atoms with Crippen LogP contribution in [0.2, 0.25) is 10.0 Å². The predicted octanol–water partition coefficient (Wildman–Crippen LogP) is 3.61. The van der Waals surface area contributed by atoms with Gasteiger partial charge in [0.1, 0.15) is 5.56 Å². The number of methoxy groups -OCH3 is 1. The number of aromatic nitrogens is 3. The van der Waals surface area contributed by atoms with Crippen molar-refractivity contribution in [3.8, 4) is 28.3 Å². The molecule has 4 N–H and O–H groups in total. The Morgan fingerprint density at radius 3 is 2.58 bits per heavy atom. The Labute approximate surface area is 256 Å². The topological polar surface area (TPSA) is 148 Å². The summed E-state index contributed by atoms with van der Waals surface area (Å²) in [4.78, 5) is 41.8. The van der Waals surface area contributed by atoms with Crippen molar-refractivity contribution >= 4 is 34.8 Å². The third-order valence-electron chi connectivity index (χ3n) is 7.16. The molecule has 2 atom stereocenters. The van der Waals surface area contributed by atoms with Crippen LogP contribution >= 0.6 is 23.2 Å². The van der Waals surface area contributed by atoms with Gasteiger partial charge in [-0.05, 0) is 18.6 Å².